The van der Waals surface area contributed by atoms with E-state index in [4.69, 9.17) is 0 Å². The molecule has 2 heterocycles. The molecule has 0 aromatic heterocycles. The van der Waals surface area contributed by atoms with Gasteiger partial charge in [0, 0.05) is 26.2 Å². The van der Waals surface area contributed by atoms with E-state index in [2.05, 4.69) is 0 Å². The summed E-state index contributed by atoms with van der Waals surface area (Å²) in [5.41, 5.74) is 3.53. The minimum atomic E-state index is -4.08. The molecule has 12 nitrogen and oxygen atoms in total. The van der Waals surface area contributed by atoms with Crippen LogP contribution in [0.25, 0.3) is 0 Å². The molecule has 54 heavy (non-hydrogen) atoms. The topological polar surface area (TPSA) is 150 Å². The Morgan fingerprint density at radius 1 is 0.370 bits per heavy atom. The Balaban J connectivity index is 1.29. The molecule has 6 rings (SSSR count). The number of nitrogens with zero attached hydrogens (tertiary/aromatic N) is 4. The van der Waals surface area contributed by atoms with Gasteiger partial charge in [0.25, 0.3) is 0 Å². The number of hydrogen-bond donors (Lipinski definition) is 0. The van der Waals surface area contributed by atoms with Crippen molar-refractivity contribution in [3.8, 4) is 0 Å². The number of rotatable bonds is 13. The lowest BCUT2D eigenvalue weighted by atomic mass is 10.2. The fourth-order valence-corrected chi connectivity index (χ4v) is 21.5. The van der Waals surface area contributed by atoms with Gasteiger partial charge in [0.2, 0.25) is 40.1 Å². The molecule has 0 radical (unpaired) electrons. The maximum atomic E-state index is 14.0. The largest absolute Gasteiger partial charge is 0.247 e. The van der Waals surface area contributed by atoms with E-state index in [1.807, 2.05) is 27.7 Å². The van der Waals surface area contributed by atoms with Crippen molar-refractivity contribution in [2.24, 2.45) is 0 Å². The van der Waals surface area contributed by atoms with Crippen LogP contribution in [0.4, 0.5) is 0 Å². The summed E-state index contributed by atoms with van der Waals surface area (Å²) in [4.78, 5) is 0.272. The third kappa shape index (κ3) is 8.25. The Morgan fingerprint density at radius 2 is 0.556 bits per heavy atom. The molecule has 0 spiro atoms. The number of sulfonamides is 4. The molecule has 0 aliphatic carbocycles. The van der Waals surface area contributed by atoms with Crippen LogP contribution in [-0.2, 0) is 40.1 Å². The van der Waals surface area contributed by atoms with Crippen LogP contribution in [0, 0.1) is 27.7 Å². The first-order valence-corrected chi connectivity index (χ1v) is 26.0. The second kappa shape index (κ2) is 16.1. The molecule has 2 fully saturated rings. The monoisotopic (exact) mass is 850 g/mol. The second-order valence-corrected chi connectivity index (χ2v) is 26.2. The summed E-state index contributed by atoms with van der Waals surface area (Å²) in [5.74, 6) is 0. The van der Waals surface area contributed by atoms with Crippen LogP contribution in [0.15, 0.2) is 117 Å². The fraction of sp³-hybridized carbons (Fsp3) is 0.333. The van der Waals surface area contributed by atoms with Crippen molar-refractivity contribution < 1.29 is 33.7 Å². The van der Waals surface area contributed by atoms with Crippen LogP contribution < -0.4 is 0 Å². The quantitative estimate of drug-likeness (QED) is 0.111. The average molecular weight is 851 g/mol. The summed E-state index contributed by atoms with van der Waals surface area (Å²) in [7, 11) is -20.2. The second-order valence-electron chi connectivity index (χ2n) is 13.4. The Hall–Kier alpha value is -2.62. The highest BCUT2D eigenvalue weighted by Crippen LogP contribution is 2.57. The Kier molecular flexibility index (Phi) is 12.2. The van der Waals surface area contributed by atoms with Gasteiger partial charge in [-0.2, -0.15) is 16.3 Å². The standard InChI is InChI=1S/C36H44N4O8P2S4/c1-29-7-15-33(16-8-29)51(41,42)37-23-24-38(52(43,44)34-17-9-30(2)10-18-34)49(37)27-5-6-28-50-39(53(45,46)35-19-11-31(3)12-20-35)25-26-40(50)54(47,48)36-21-13-32(4)14-22-36/h7-22H,5-6,23-28H2,1-4H3. The van der Waals surface area contributed by atoms with E-state index in [9.17, 15) is 33.7 Å². The van der Waals surface area contributed by atoms with Gasteiger partial charge in [0.15, 0.2) is 0 Å². The highest BCUT2D eigenvalue weighted by Gasteiger charge is 2.48. The predicted octanol–water partition coefficient (Wildman–Crippen LogP) is 6.41. The summed E-state index contributed by atoms with van der Waals surface area (Å²) in [6.45, 7) is 7.30. The molecule has 0 saturated carbocycles. The van der Waals surface area contributed by atoms with Crippen molar-refractivity contribution in [3.05, 3.63) is 119 Å². The minimum absolute atomic E-state index is 0.0230. The molecule has 18 heteroatoms. The Labute approximate surface area is 322 Å². The minimum Gasteiger partial charge on any atom is -0.207 e. The highest BCUT2D eigenvalue weighted by molar-refractivity contribution is 7.99. The van der Waals surface area contributed by atoms with E-state index in [0.29, 0.717) is 12.8 Å². The van der Waals surface area contributed by atoms with E-state index in [-0.39, 0.29) is 58.1 Å². The lowest BCUT2D eigenvalue weighted by Gasteiger charge is -2.30. The zero-order valence-corrected chi connectivity index (χ0v) is 35.5. The molecule has 4 aromatic carbocycles. The highest BCUT2D eigenvalue weighted by atomic mass is 32.2. The maximum Gasteiger partial charge on any atom is 0.247 e. The van der Waals surface area contributed by atoms with Crippen LogP contribution in [0.2, 0.25) is 0 Å². The molecule has 4 aromatic rings. The zero-order chi connectivity index (χ0) is 39.1. The van der Waals surface area contributed by atoms with Crippen molar-refractivity contribution in [2.45, 2.75) is 60.1 Å². The summed E-state index contributed by atoms with van der Waals surface area (Å²) in [6, 6.07) is 25.7. The smallest absolute Gasteiger partial charge is 0.207 e. The van der Waals surface area contributed by atoms with Crippen LogP contribution in [-0.4, -0.2) is 88.5 Å². The Morgan fingerprint density at radius 3 is 0.741 bits per heavy atom. The molecule has 0 atom stereocenters. The lowest BCUT2D eigenvalue weighted by molar-refractivity contribution is 0.536. The molecule has 2 aliphatic heterocycles. The van der Waals surface area contributed by atoms with E-state index >= 15 is 0 Å². The van der Waals surface area contributed by atoms with Gasteiger partial charge in [-0.05, 0) is 101 Å². The van der Waals surface area contributed by atoms with Gasteiger partial charge >= 0.3 is 0 Å². The molecule has 0 N–H and O–H groups in total. The fourth-order valence-electron chi connectivity index (χ4n) is 6.28. The van der Waals surface area contributed by atoms with Crippen LogP contribution in [0.5, 0.6) is 0 Å². The SMILES string of the molecule is Cc1ccc(S(=O)(=O)N2CCN(S(=O)(=O)c3ccc(C)cc3)P2CCCCP2N(S(=O)(=O)c3ccc(C)cc3)CCN2S(=O)(=O)c2ccc(C)cc2)cc1. The summed E-state index contributed by atoms with van der Waals surface area (Å²) in [6.07, 6.45) is 0.983. The van der Waals surface area contributed by atoms with Crippen molar-refractivity contribution in [1.82, 2.24) is 16.3 Å². The summed E-state index contributed by atoms with van der Waals surface area (Å²) >= 11 is 0. The van der Waals surface area contributed by atoms with Crippen molar-refractivity contribution in [1.29, 1.82) is 0 Å². The third-order valence-electron chi connectivity index (χ3n) is 9.35. The zero-order valence-electron chi connectivity index (χ0n) is 30.5. The predicted molar refractivity (Wildman–Crippen MR) is 213 cm³/mol. The van der Waals surface area contributed by atoms with Crippen LogP contribution in [0.3, 0.4) is 0 Å². The van der Waals surface area contributed by atoms with Gasteiger partial charge in [-0.15, -0.1) is 0 Å². The molecule has 0 bridgehead atoms. The van der Waals surface area contributed by atoms with Crippen LogP contribution >= 0.6 is 16.4 Å². The summed E-state index contributed by atoms with van der Waals surface area (Å²) < 4.78 is 118. The maximum absolute atomic E-state index is 14.0. The molecule has 2 saturated heterocycles. The normalized spacial score (nSPS) is 17.8. The van der Waals surface area contributed by atoms with Gasteiger partial charge in [-0.3, -0.25) is 0 Å². The van der Waals surface area contributed by atoms with Gasteiger partial charge in [-0.25, -0.2) is 33.7 Å². The number of unbranched alkanes of at least 4 members (excludes halogenated alkanes) is 1. The average Bonchev–Trinajstić information content (AvgIpc) is 3.78. The van der Waals surface area contributed by atoms with Gasteiger partial charge < -0.3 is 0 Å². The first-order valence-electron chi connectivity index (χ1n) is 17.4. The third-order valence-corrected chi connectivity index (χ3v) is 24.9. The molecule has 0 amide bonds. The van der Waals surface area contributed by atoms with E-state index in [1.165, 1.54) is 64.8 Å². The molecule has 0 unspecified atom stereocenters. The number of aryl methyl sites for hydroxylation is 4. The summed E-state index contributed by atoms with van der Waals surface area (Å²) in [5, 5.41) is 0. The van der Waals surface area contributed by atoms with E-state index in [0.717, 1.165) is 22.3 Å². The number of benzene rings is 4. The van der Waals surface area contributed by atoms with Gasteiger partial charge in [0.05, 0.1) is 36.0 Å². The first-order chi connectivity index (χ1) is 25.4. The van der Waals surface area contributed by atoms with Crippen molar-refractivity contribution in [3.63, 3.8) is 0 Å². The Bertz CT molecular complexity index is 2080. The van der Waals surface area contributed by atoms with Gasteiger partial charge in [-0.1, -0.05) is 70.8 Å². The molecule has 2 aliphatic rings. The molecular formula is C36H44N4O8P2S4. The van der Waals surface area contributed by atoms with Gasteiger partial charge in [0.1, 0.15) is 0 Å². The first kappa shape index (κ1) is 41.0. The molecule has 290 valence electrons. The van der Waals surface area contributed by atoms with E-state index in [1.54, 1.807) is 48.5 Å². The van der Waals surface area contributed by atoms with Crippen molar-refractivity contribution in [2.75, 3.05) is 38.5 Å². The number of hydrogen-bond acceptors (Lipinski definition) is 8. The van der Waals surface area contributed by atoms with E-state index < -0.39 is 56.5 Å². The molecular weight excluding hydrogens is 807 g/mol. The van der Waals surface area contributed by atoms with Crippen LogP contribution in [0.1, 0.15) is 35.1 Å². The lowest BCUT2D eigenvalue weighted by Crippen LogP contribution is -2.28. The van der Waals surface area contributed by atoms with Crippen molar-refractivity contribution >= 4 is 56.5 Å².